The third-order valence-electron chi connectivity index (χ3n) is 12.7. The van der Waals surface area contributed by atoms with Crippen molar-refractivity contribution in [1.82, 2.24) is 9.97 Å². The van der Waals surface area contributed by atoms with Gasteiger partial charge in [0.05, 0.1) is 16.8 Å². The highest BCUT2D eigenvalue weighted by molar-refractivity contribution is 5.98. The molecule has 9 aromatic carbocycles. The summed E-state index contributed by atoms with van der Waals surface area (Å²) < 4.78 is 0. The Labute approximate surface area is 356 Å². The molecular weight excluding hydrogens is 737 g/mol. The first-order valence-corrected chi connectivity index (χ1v) is 21.0. The van der Waals surface area contributed by atoms with E-state index in [-0.39, 0.29) is 0 Å². The van der Waals surface area contributed by atoms with Crippen LogP contribution in [0.15, 0.2) is 231 Å². The molecule has 0 unspecified atom stereocenters. The fourth-order valence-electron chi connectivity index (χ4n) is 10.0. The molecule has 1 spiro atoms. The molecular formula is C59H38N2. The highest BCUT2D eigenvalue weighted by Crippen LogP contribution is 2.61. The molecule has 0 saturated heterocycles. The van der Waals surface area contributed by atoms with Gasteiger partial charge in [-0.15, -0.1) is 0 Å². The van der Waals surface area contributed by atoms with Crippen LogP contribution in [0.4, 0.5) is 0 Å². The van der Waals surface area contributed by atoms with Crippen LogP contribution in [0, 0.1) is 0 Å². The number of hydrogen-bond donors (Lipinski definition) is 0. The van der Waals surface area contributed by atoms with E-state index in [1.807, 2.05) is 0 Å². The van der Waals surface area contributed by atoms with Gasteiger partial charge in [-0.05, 0) is 108 Å². The van der Waals surface area contributed by atoms with E-state index in [2.05, 4.69) is 231 Å². The number of fused-ring (bicyclic) bond motifs is 12. The van der Waals surface area contributed by atoms with Gasteiger partial charge in [0.25, 0.3) is 0 Å². The molecule has 0 saturated carbocycles. The van der Waals surface area contributed by atoms with Crippen molar-refractivity contribution < 1.29 is 0 Å². The zero-order chi connectivity index (χ0) is 40.3. The molecule has 0 amide bonds. The second-order valence-electron chi connectivity index (χ2n) is 16.1. The van der Waals surface area contributed by atoms with Gasteiger partial charge in [0.15, 0.2) is 5.82 Å². The van der Waals surface area contributed by atoms with Gasteiger partial charge in [-0.2, -0.15) is 0 Å². The normalized spacial score (nSPS) is 12.7. The zero-order valence-electron chi connectivity index (χ0n) is 33.3. The van der Waals surface area contributed by atoms with Crippen molar-refractivity contribution in [1.29, 1.82) is 0 Å². The average molecular weight is 775 g/mol. The minimum atomic E-state index is -0.541. The summed E-state index contributed by atoms with van der Waals surface area (Å²) in [5.41, 5.74) is 21.5. The molecule has 0 N–H and O–H groups in total. The molecule has 0 radical (unpaired) electrons. The quantitative estimate of drug-likeness (QED) is 0.174. The van der Waals surface area contributed by atoms with E-state index in [1.54, 1.807) is 0 Å². The van der Waals surface area contributed by atoms with Gasteiger partial charge in [-0.1, -0.05) is 200 Å². The van der Waals surface area contributed by atoms with Crippen molar-refractivity contribution in [2.45, 2.75) is 5.41 Å². The first kappa shape index (κ1) is 35.0. The van der Waals surface area contributed by atoms with E-state index >= 15 is 0 Å². The second-order valence-corrected chi connectivity index (χ2v) is 16.1. The Morgan fingerprint density at radius 2 is 0.607 bits per heavy atom. The lowest BCUT2D eigenvalue weighted by molar-refractivity contribution is 0.775. The number of hydrogen-bond acceptors (Lipinski definition) is 2. The molecule has 2 heteroatoms. The van der Waals surface area contributed by atoms with Crippen molar-refractivity contribution in [2.75, 3.05) is 0 Å². The van der Waals surface area contributed by atoms with Crippen LogP contribution in [0.3, 0.4) is 0 Å². The van der Waals surface area contributed by atoms with E-state index in [9.17, 15) is 0 Å². The summed E-state index contributed by atoms with van der Waals surface area (Å²) in [7, 11) is 0. The SMILES string of the molecule is c1ccc(-c2cc(-c3ccccc3)cc(-c3cc(-c4ccccc4)nc(-c4ccc5c(c4)-c4ccccc4-c4ccccc4C54c5ccccc5-c5ccccc54)n3)c2)cc1. The molecule has 1 aromatic heterocycles. The van der Waals surface area contributed by atoms with Gasteiger partial charge in [0.1, 0.15) is 0 Å². The lowest BCUT2D eigenvalue weighted by Crippen LogP contribution is -2.29. The third kappa shape index (κ3) is 5.57. The summed E-state index contributed by atoms with van der Waals surface area (Å²) in [6, 6.07) is 83.6. The summed E-state index contributed by atoms with van der Waals surface area (Å²) in [5, 5.41) is 0. The fraction of sp³-hybridized carbons (Fsp3) is 0.0169. The lowest BCUT2D eigenvalue weighted by atomic mass is 9.66. The van der Waals surface area contributed by atoms with Crippen molar-refractivity contribution in [3.8, 4) is 89.5 Å². The molecule has 2 aliphatic carbocycles. The van der Waals surface area contributed by atoms with E-state index in [0.717, 1.165) is 50.3 Å². The Kier molecular flexibility index (Phi) is 8.11. The molecule has 10 aromatic rings. The highest BCUT2D eigenvalue weighted by Gasteiger charge is 2.49. The van der Waals surface area contributed by atoms with E-state index in [0.29, 0.717) is 5.82 Å². The van der Waals surface area contributed by atoms with Crippen LogP contribution in [0.5, 0.6) is 0 Å². The standard InChI is InChI=1S/C59H38N2/c1-4-18-39(19-5-1)43-34-44(40-20-6-2-7-21-40)36-45(35-43)57-38-56(41-22-8-3-9-23-41)60-58(61-57)42-32-33-55-51(37-42)47-25-11-10-24-46(47)48-26-12-15-29-52(48)59(55)53-30-16-13-27-49(53)50-28-14-17-31-54(50)59/h1-38H. The summed E-state index contributed by atoms with van der Waals surface area (Å²) in [5.74, 6) is 0.686. The van der Waals surface area contributed by atoms with Gasteiger partial charge in [0.2, 0.25) is 0 Å². The van der Waals surface area contributed by atoms with Gasteiger partial charge in [0, 0.05) is 16.7 Å². The molecule has 0 fully saturated rings. The van der Waals surface area contributed by atoms with Crippen LogP contribution in [0.2, 0.25) is 0 Å². The molecule has 61 heavy (non-hydrogen) atoms. The second kappa shape index (κ2) is 14.1. The first-order chi connectivity index (χ1) is 30.2. The van der Waals surface area contributed by atoms with E-state index < -0.39 is 5.41 Å². The van der Waals surface area contributed by atoms with Crippen LogP contribution in [0.25, 0.3) is 89.5 Å². The maximum absolute atomic E-state index is 5.49. The molecule has 1 heterocycles. The molecule has 284 valence electrons. The Morgan fingerprint density at radius 3 is 1.13 bits per heavy atom. The van der Waals surface area contributed by atoms with Gasteiger partial charge >= 0.3 is 0 Å². The van der Waals surface area contributed by atoms with E-state index in [4.69, 9.17) is 9.97 Å². The van der Waals surface area contributed by atoms with Crippen LogP contribution in [0.1, 0.15) is 22.3 Å². The Bertz CT molecular complexity index is 3190. The minimum Gasteiger partial charge on any atom is -0.228 e. The molecule has 0 bridgehead atoms. The number of benzene rings is 9. The Balaban J connectivity index is 1.12. The predicted octanol–water partition coefficient (Wildman–Crippen LogP) is 14.8. The molecule has 2 nitrogen and oxygen atoms in total. The van der Waals surface area contributed by atoms with Gasteiger partial charge < -0.3 is 0 Å². The largest absolute Gasteiger partial charge is 0.228 e. The van der Waals surface area contributed by atoms with Crippen molar-refractivity contribution in [2.24, 2.45) is 0 Å². The summed E-state index contributed by atoms with van der Waals surface area (Å²) in [6.45, 7) is 0. The molecule has 0 aliphatic heterocycles. The van der Waals surface area contributed by atoms with Crippen molar-refractivity contribution in [3.63, 3.8) is 0 Å². The van der Waals surface area contributed by atoms with Crippen LogP contribution in [-0.2, 0) is 5.41 Å². The third-order valence-corrected chi connectivity index (χ3v) is 12.7. The number of aromatic nitrogens is 2. The van der Waals surface area contributed by atoms with Gasteiger partial charge in [-0.25, -0.2) is 9.97 Å². The van der Waals surface area contributed by atoms with E-state index in [1.165, 1.54) is 55.6 Å². The minimum absolute atomic E-state index is 0.541. The van der Waals surface area contributed by atoms with Gasteiger partial charge in [-0.3, -0.25) is 0 Å². The Hall–Kier alpha value is -7.94. The van der Waals surface area contributed by atoms with Crippen LogP contribution < -0.4 is 0 Å². The molecule has 12 rings (SSSR count). The summed E-state index contributed by atoms with van der Waals surface area (Å²) in [6.07, 6.45) is 0. The zero-order valence-corrected chi connectivity index (χ0v) is 33.3. The van der Waals surface area contributed by atoms with Crippen molar-refractivity contribution >= 4 is 0 Å². The number of nitrogens with zero attached hydrogens (tertiary/aromatic N) is 2. The monoisotopic (exact) mass is 774 g/mol. The smallest absolute Gasteiger partial charge is 0.160 e. The van der Waals surface area contributed by atoms with Crippen LogP contribution in [-0.4, -0.2) is 9.97 Å². The first-order valence-electron chi connectivity index (χ1n) is 21.0. The summed E-state index contributed by atoms with van der Waals surface area (Å²) >= 11 is 0. The molecule has 0 atom stereocenters. The molecule has 2 aliphatic rings. The maximum atomic E-state index is 5.49. The van der Waals surface area contributed by atoms with Crippen LogP contribution >= 0.6 is 0 Å². The maximum Gasteiger partial charge on any atom is 0.160 e. The summed E-state index contributed by atoms with van der Waals surface area (Å²) in [4.78, 5) is 10.9. The Morgan fingerprint density at radius 1 is 0.230 bits per heavy atom. The lowest BCUT2D eigenvalue weighted by Gasteiger charge is -2.35. The topological polar surface area (TPSA) is 25.8 Å². The average Bonchev–Trinajstić information content (AvgIpc) is 3.59. The number of rotatable bonds is 5. The highest BCUT2D eigenvalue weighted by atomic mass is 14.9. The van der Waals surface area contributed by atoms with Crippen molar-refractivity contribution in [3.05, 3.63) is 253 Å². The fourth-order valence-corrected chi connectivity index (χ4v) is 10.0. The predicted molar refractivity (Wildman–Crippen MR) is 251 cm³/mol.